The van der Waals surface area contributed by atoms with Crippen LogP contribution in [0.5, 0.6) is 5.75 Å². The van der Waals surface area contributed by atoms with Gasteiger partial charge in [0.15, 0.2) is 11.8 Å². The van der Waals surface area contributed by atoms with Crippen LogP contribution in [0.15, 0.2) is 23.2 Å². The van der Waals surface area contributed by atoms with Crippen molar-refractivity contribution in [2.75, 3.05) is 7.05 Å². The smallest absolute Gasteiger partial charge is 0.387 e. The van der Waals surface area contributed by atoms with E-state index in [1.165, 1.54) is 12.1 Å². The third kappa shape index (κ3) is 5.90. The number of nitrogens with one attached hydrogen (secondary N) is 2. The highest BCUT2D eigenvalue weighted by Crippen LogP contribution is 2.24. The summed E-state index contributed by atoms with van der Waals surface area (Å²) in [6, 6.07) is 4.50. The Morgan fingerprint density at radius 2 is 2.07 bits per heavy atom. The molecule has 0 bridgehead atoms. The van der Waals surface area contributed by atoms with Crippen LogP contribution < -0.4 is 15.4 Å². The van der Waals surface area contributed by atoms with Gasteiger partial charge in [-0.2, -0.15) is 8.78 Å². The van der Waals surface area contributed by atoms with Crippen molar-refractivity contribution in [2.24, 2.45) is 4.99 Å². The Morgan fingerprint density at radius 3 is 2.82 bits per heavy atom. The van der Waals surface area contributed by atoms with E-state index in [-0.39, 0.29) is 36.3 Å². The van der Waals surface area contributed by atoms with Crippen LogP contribution in [0, 0.1) is 0 Å². The number of halogens is 4. The second-order valence-electron chi connectivity index (χ2n) is 6.05. The summed E-state index contributed by atoms with van der Waals surface area (Å²) in [5.41, 5.74) is 0.505. The second-order valence-corrected chi connectivity index (χ2v) is 6.49. The van der Waals surface area contributed by atoms with E-state index in [4.69, 9.17) is 11.6 Å². The van der Waals surface area contributed by atoms with E-state index in [2.05, 4.69) is 35.1 Å². The quantitative estimate of drug-likeness (QED) is 0.343. The van der Waals surface area contributed by atoms with Gasteiger partial charge >= 0.3 is 6.61 Å². The Hall–Kier alpha value is -1.69. The molecule has 154 valence electrons. The minimum atomic E-state index is -2.90. The van der Waals surface area contributed by atoms with Gasteiger partial charge in [-0.25, -0.2) is 0 Å². The fourth-order valence-electron chi connectivity index (χ4n) is 2.96. The van der Waals surface area contributed by atoms with Gasteiger partial charge in [0.05, 0.1) is 6.54 Å². The molecule has 0 radical (unpaired) electrons. The van der Waals surface area contributed by atoms with E-state index in [9.17, 15) is 8.78 Å². The van der Waals surface area contributed by atoms with Gasteiger partial charge in [-0.3, -0.25) is 4.99 Å². The topological polar surface area (TPSA) is 76.4 Å². The summed E-state index contributed by atoms with van der Waals surface area (Å²) in [6.07, 6.45) is 3.20. The van der Waals surface area contributed by atoms with Crippen LogP contribution in [0.1, 0.15) is 30.1 Å². The molecule has 3 rings (SSSR count). The Kier molecular flexibility index (Phi) is 8.67. The lowest BCUT2D eigenvalue weighted by molar-refractivity contribution is -0.0504. The van der Waals surface area contributed by atoms with Crippen molar-refractivity contribution in [3.63, 3.8) is 0 Å². The van der Waals surface area contributed by atoms with Gasteiger partial charge in [0.25, 0.3) is 0 Å². The van der Waals surface area contributed by atoms with E-state index in [1.54, 1.807) is 13.1 Å². The predicted octanol–water partition coefficient (Wildman–Crippen LogP) is 3.35. The summed E-state index contributed by atoms with van der Waals surface area (Å²) in [4.78, 5) is 4.14. The van der Waals surface area contributed by atoms with Gasteiger partial charge in [-0.15, -0.1) is 34.2 Å². The molecule has 11 heteroatoms. The number of guanidine groups is 1. The lowest BCUT2D eigenvalue weighted by Gasteiger charge is -2.17. The second kappa shape index (κ2) is 10.7. The first-order chi connectivity index (χ1) is 13.1. The average Bonchev–Trinajstić information content (AvgIpc) is 3.07. The van der Waals surface area contributed by atoms with Gasteiger partial charge in [0, 0.05) is 37.1 Å². The highest BCUT2D eigenvalue weighted by molar-refractivity contribution is 14.0. The monoisotopic (exact) mass is 526 g/mol. The summed E-state index contributed by atoms with van der Waals surface area (Å²) in [6.45, 7) is -1.30. The fraction of sp³-hybridized carbons (Fsp3) is 0.471. The largest absolute Gasteiger partial charge is 0.434 e. The summed E-state index contributed by atoms with van der Waals surface area (Å²) in [5.74, 6) is 2.43. The van der Waals surface area contributed by atoms with Crippen molar-refractivity contribution >= 4 is 41.5 Å². The molecule has 2 N–H and O–H groups in total. The van der Waals surface area contributed by atoms with Crippen molar-refractivity contribution in [3.05, 3.63) is 40.4 Å². The van der Waals surface area contributed by atoms with Gasteiger partial charge in [0.2, 0.25) is 0 Å². The van der Waals surface area contributed by atoms with Crippen LogP contribution in [0.3, 0.4) is 0 Å². The number of benzene rings is 1. The SMILES string of the molecule is CN=C(NCc1cc(Cl)ccc1OC(F)F)NCc1nnc2n1CCCC2.I. The molecule has 1 aromatic heterocycles. The number of ether oxygens (including phenoxy) is 1. The minimum absolute atomic E-state index is 0. The van der Waals surface area contributed by atoms with E-state index in [0.717, 1.165) is 37.5 Å². The molecule has 0 atom stereocenters. The maximum absolute atomic E-state index is 12.6. The Morgan fingerprint density at radius 1 is 1.29 bits per heavy atom. The van der Waals surface area contributed by atoms with E-state index < -0.39 is 6.61 Å². The molecular weight excluding hydrogens is 505 g/mol. The zero-order valence-corrected chi connectivity index (χ0v) is 18.4. The van der Waals surface area contributed by atoms with Crippen LogP contribution in [0.4, 0.5) is 8.78 Å². The van der Waals surface area contributed by atoms with Crippen molar-refractivity contribution in [2.45, 2.75) is 45.5 Å². The number of hydrogen-bond donors (Lipinski definition) is 2. The van der Waals surface area contributed by atoms with Gasteiger partial charge in [0.1, 0.15) is 11.6 Å². The highest BCUT2D eigenvalue weighted by atomic mass is 127. The zero-order chi connectivity index (χ0) is 19.2. The van der Waals surface area contributed by atoms with Gasteiger partial charge in [-0.1, -0.05) is 11.6 Å². The number of nitrogens with zero attached hydrogens (tertiary/aromatic N) is 4. The Balaban J connectivity index is 0.00000280. The van der Waals surface area contributed by atoms with E-state index in [0.29, 0.717) is 23.1 Å². The molecule has 28 heavy (non-hydrogen) atoms. The first kappa shape index (κ1) is 22.6. The summed E-state index contributed by atoms with van der Waals surface area (Å²) < 4.78 is 31.8. The maximum Gasteiger partial charge on any atom is 0.387 e. The molecular formula is C17H22ClF2IN6O. The molecule has 0 fully saturated rings. The normalized spacial score (nSPS) is 13.7. The third-order valence-electron chi connectivity index (χ3n) is 4.26. The molecule has 0 unspecified atom stereocenters. The van der Waals surface area contributed by atoms with Crippen LogP contribution in [0.25, 0.3) is 0 Å². The number of rotatable bonds is 6. The van der Waals surface area contributed by atoms with E-state index >= 15 is 0 Å². The van der Waals surface area contributed by atoms with Crippen molar-refractivity contribution in [1.29, 1.82) is 0 Å². The molecule has 1 aromatic carbocycles. The summed E-state index contributed by atoms with van der Waals surface area (Å²) >= 11 is 5.96. The number of hydrogen-bond acceptors (Lipinski definition) is 4. The lowest BCUT2D eigenvalue weighted by atomic mass is 10.2. The van der Waals surface area contributed by atoms with Crippen LogP contribution in [-0.4, -0.2) is 34.4 Å². The van der Waals surface area contributed by atoms with E-state index in [1.807, 2.05) is 0 Å². The molecule has 2 heterocycles. The number of fused-ring (bicyclic) bond motifs is 1. The fourth-order valence-corrected chi connectivity index (χ4v) is 3.15. The predicted molar refractivity (Wildman–Crippen MR) is 113 cm³/mol. The van der Waals surface area contributed by atoms with Crippen LogP contribution >= 0.6 is 35.6 Å². The van der Waals surface area contributed by atoms with Crippen LogP contribution in [-0.2, 0) is 26.1 Å². The highest BCUT2D eigenvalue weighted by Gasteiger charge is 2.16. The average molecular weight is 527 g/mol. The first-order valence-electron chi connectivity index (χ1n) is 8.65. The zero-order valence-electron chi connectivity index (χ0n) is 15.3. The van der Waals surface area contributed by atoms with Crippen molar-refractivity contribution in [3.8, 4) is 5.75 Å². The summed E-state index contributed by atoms with van der Waals surface area (Å²) in [7, 11) is 1.63. The molecule has 0 spiro atoms. The molecule has 0 amide bonds. The standard InChI is InChI=1S/C17H21ClF2N6O.HI/c1-21-17(23-10-15-25-24-14-4-2-3-7-26(14)15)22-9-11-8-12(18)5-6-13(11)27-16(19)20;/h5-6,8,16H,2-4,7,9-10H2,1H3,(H2,21,22,23);1H. The van der Waals surface area contributed by atoms with Crippen molar-refractivity contribution in [1.82, 2.24) is 25.4 Å². The van der Waals surface area contributed by atoms with Crippen LogP contribution in [0.2, 0.25) is 5.02 Å². The van der Waals surface area contributed by atoms with Crippen molar-refractivity contribution < 1.29 is 13.5 Å². The molecule has 0 aliphatic carbocycles. The molecule has 1 aliphatic heterocycles. The molecule has 7 nitrogen and oxygen atoms in total. The molecule has 2 aromatic rings. The molecule has 1 aliphatic rings. The lowest BCUT2D eigenvalue weighted by Crippen LogP contribution is -2.37. The minimum Gasteiger partial charge on any atom is -0.434 e. The van der Waals surface area contributed by atoms with Gasteiger partial charge in [-0.05, 0) is 31.0 Å². The number of alkyl halides is 2. The third-order valence-corrected chi connectivity index (χ3v) is 4.49. The summed E-state index contributed by atoms with van der Waals surface area (Å²) in [5, 5.41) is 15.1. The Bertz CT molecular complexity index is 817. The maximum atomic E-state index is 12.6. The number of aromatic nitrogens is 3. The Labute approximate surface area is 183 Å². The molecule has 0 saturated carbocycles. The van der Waals surface area contributed by atoms with Gasteiger partial charge < -0.3 is 19.9 Å². The first-order valence-corrected chi connectivity index (χ1v) is 9.03. The molecule has 0 saturated heterocycles. The number of aliphatic imine (C=N–C) groups is 1. The number of aryl methyl sites for hydroxylation is 1.